The van der Waals surface area contributed by atoms with E-state index in [4.69, 9.17) is 6.57 Å². The molecule has 15 heavy (non-hydrogen) atoms. The van der Waals surface area contributed by atoms with Crippen LogP contribution in [0.4, 0.5) is 13.2 Å². The number of hydrogen-bond acceptors (Lipinski definition) is 1. The largest absolute Gasteiger partial charge is 0.446 e. The number of benzene rings is 1. The summed E-state index contributed by atoms with van der Waals surface area (Å²) in [6.45, 7) is 8.49. The van der Waals surface area contributed by atoms with Gasteiger partial charge in [0.1, 0.15) is 0 Å². The molecule has 0 saturated heterocycles. The van der Waals surface area contributed by atoms with Gasteiger partial charge >= 0.3 is 5.51 Å². The van der Waals surface area contributed by atoms with Crippen LogP contribution in [0, 0.1) is 6.57 Å². The van der Waals surface area contributed by atoms with E-state index in [0.29, 0.717) is 0 Å². The highest BCUT2D eigenvalue weighted by Gasteiger charge is 2.29. The molecule has 0 radical (unpaired) electrons. The second-order valence-electron chi connectivity index (χ2n) is 2.92. The van der Waals surface area contributed by atoms with E-state index in [-0.39, 0.29) is 22.7 Å². The van der Waals surface area contributed by atoms with Crippen LogP contribution in [0.25, 0.3) is 4.85 Å². The molecule has 1 atom stereocenters. The summed E-state index contributed by atoms with van der Waals surface area (Å²) in [5.41, 5.74) is -3.52. The van der Waals surface area contributed by atoms with Crippen molar-refractivity contribution in [2.24, 2.45) is 0 Å². The van der Waals surface area contributed by atoms with Crippen molar-refractivity contribution in [3.05, 3.63) is 41.2 Å². The lowest BCUT2D eigenvalue weighted by Gasteiger charge is -2.06. The first-order chi connectivity index (χ1) is 6.92. The zero-order valence-electron chi connectivity index (χ0n) is 7.88. The summed E-state index contributed by atoms with van der Waals surface area (Å²) in [4.78, 5) is 3.43. The predicted octanol–water partition coefficient (Wildman–Crippen LogP) is 4.28. The highest BCUT2D eigenvalue weighted by atomic mass is 32.2. The van der Waals surface area contributed by atoms with Crippen molar-refractivity contribution in [3.63, 3.8) is 0 Å². The highest BCUT2D eigenvalue weighted by molar-refractivity contribution is 8.00. The van der Waals surface area contributed by atoms with Crippen LogP contribution in [0.1, 0.15) is 18.5 Å². The van der Waals surface area contributed by atoms with Gasteiger partial charge in [-0.2, -0.15) is 13.2 Å². The molecule has 0 heterocycles. The van der Waals surface area contributed by atoms with E-state index < -0.39 is 5.51 Å². The van der Waals surface area contributed by atoms with Crippen LogP contribution >= 0.6 is 11.8 Å². The first-order valence-corrected chi connectivity index (χ1v) is 4.96. The lowest BCUT2D eigenvalue weighted by Crippen LogP contribution is -1.99. The van der Waals surface area contributed by atoms with Crippen LogP contribution in [0.15, 0.2) is 29.2 Å². The van der Waals surface area contributed by atoms with Crippen molar-refractivity contribution >= 4 is 11.8 Å². The maximum atomic E-state index is 12.0. The van der Waals surface area contributed by atoms with E-state index in [1.54, 1.807) is 19.1 Å². The third kappa shape index (κ3) is 3.84. The molecule has 1 unspecified atom stereocenters. The summed E-state index contributed by atoms with van der Waals surface area (Å²) in [7, 11) is 0. The van der Waals surface area contributed by atoms with Gasteiger partial charge in [0.05, 0.1) is 0 Å². The summed E-state index contributed by atoms with van der Waals surface area (Å²) >= 11 is -0.149. The molecule has 0 bridgehead atoms. The number of hydrogen-bond donors (Lipinski definition) is 0. The van der Waals surface area contributed by atoms with Crippen LogP contribution < -0.4 is 0 Å². The third-order valence-electron chi connectivity index (χ3n) is 1.79. The molecule has 0 aromatic heterocycles. The SMILES string of the molecule is [C-]#[N+]C(C)c1ccc(SC(F)(F)F)cc1. The average Bonchev–Trinajstić information content (AvgIpc) is 2.15. The molecule has 0 amide bonds. The molecule has 5 heteroatoms. The van der Waals surface area contributed by atoms with Crippen molar-refractivity contribution in [1.82, 2.24) is 0 Å². The second-order valence-corrected chi connectivity index (χ2v) is 4.06. The zero-order valence-corrected chi connectivity index (χ0v) is 8.69. The second kappa shape index (κ2) is 4.58. The summed E-state index contributed by atoms with van der Waals surface area (Å²) in [6, 6.07) is 5.56. The van der Waals surface area contributed by atoms with Gasteiger partial charge in [0.25, 0.3) is 0 Å². The van der Waals surface area contributed by atoms with Gasteiger partial charge in [-0.1, -0.05) is 12.1 Å². The normalized spacial score (nSPS) is 13.3. The fourth-order valence-electron chi connectivity index (χ4n) is 1.02. The molecule has 0 fully saturated rings. The molecule has 1 aromatic carbocycles. The van der Waals surface area contributed by atoms with Gasteiger partial charge in [-0.25, -0.2) is 6.57 Å². The maximum Gasteiger partial charge on any atom is 0.446 e. The Hall–Kier alpha value is -1.15. The smallest absolute Gasteiger partial charge is 0.309 e. The maximum absolute atomic E-state index is 12.0. The molecule has 0 saturated carbocycles. The van der Waals surface area contributed by atoms with E-state index in [2.05, 4.69) is 4.85 Å². The zero-order chi connectivity index (χ0) is 11.5. The van der Waals surface area contributed by atoms with Crippen molar-refractivity contribution in [2.75, 3.05) is 0 Å². The fourth-order valence-corrected chi connectivity index (χ4v) is 1.56. The minimum atomic E-state index is -4.26. The minimum absolute atomic E-state index is 0.142. The topological polar surface area (TPSA) is 4.36 Å². The predicted molar refractivity (Wildman–Crippen MR) is 53.4 cm³/mol. The Morgan fingerprint density at radius 1 is 1.27 bits per heavy atom. The lowest BCUT2D eigenvalue weighted by molar-refractivity contribution is -0.0328. The van der Waals surface area contributed by atoms with E-state index in [1.807, 2.05) is 0 Å². The fraction of sp³-hybridized carbons (Fsp3) is 0.300. The van der Waals surface area contributed by atoms with Crippen LogP contribution in [0.3, 0.4) is 0 Å². The molecule has 0 aliphatic rings. The Balaban J connectivity index is 2.78. The molecule has 0 spiro atoms. The number of nitrogens with zero attached hydrogens (tertiary/aromatic N) is 1. The highest BCUT2D eigenvalue weighted by Crippen LogP contribution is 2.37. The molecule has 1 aromatic rings. The van der Waals surface area contributed by atoms with Crippen molar-refractivity contribution < 1.29 is 13.2 Å². The van der Waals surface area contributed by atoms with Crippen LogP contribution in [-0.4, -0.2) is 5.51 Å². The van der Waals surface area contributed by atoms with Crippen molar-refractivity contribution in [1.29, 1.82) is 0 Å². The summed E-state index contributed by atoms with van der Waals surface area (Å²) in [6.07, 6.45) is 0. The molecule has 0 aliphatic carbocycles. The molecule has 0 aliphatic heterocycles. The van der Waals surface area contributed by atoms with E-state index in [0.717, 1.165) is 5.56 Å². The summed E-state index contributed by atoms with van der Waals surface area (Å²) in [5.74, 6) is 0. The van der Waals surface area contributed by atoms with E-state index in [9.17, 15) is 13.2 Å². The Morgan fingerprint density at radius 3 is 2.20 bits per heavy atom. The number of alkyl halides is 3. The van der Waals surface area contributed by atoms with Crippen molar-refractivity contribution in [3.8, 4) is 0 Å². The molecule has 80 valence electrons. The third-order valence-corrected chi connectivity index (χ3v) is 2.53. The Morgan fingerprint density at radius 2 is 1.80 bits per heavy atom. The van der Waals surface area contributed by atoms with Gasteiger partial charge in [0.15, 0.2) is 0 Å². The van der Waals surface area contributed by atoms with Gasteiger partial charge in [0, 0.05) is 17.4 Å². The first-order valence-electron chi connectivity index (χ1n) is 4.14. The molecule has 1 nitrogen and oxygen atoms in total. The van der Waals surface area contributed by atoms with Gasteiger partial charge in [-0.05, 0) is 23.9 Å². The summed E-state index contributed by atoms with van der Waals surface area (Å²) in [5, 5.41) is 0. The minimum Gasteiger partial charge on any atom is -0.309 e. The number of halogens is 3. The Labute approximate surface area is 90.1 Å². The number of thioether (sulfide) groups is 1. The van der Waals surface area contributed by atoms with Gasteiger partial charge in [0.2, 0.25) is 6.04 Å². The van der Waals surface area contributed by atoms with E-state index >= 15 is 0 Å². The van der Waals surface area contributed by atoms with Crippen LogP contribution in [-0.2, 0) is 0 Å². The summed E-state index contributed by atoms with van der Waals surface area (Å²) < 4.78 is 35.9. The van der Waals surface area contributed by atoms with Gasteiger partial charge < -0.3 is 4.85 Å². The van der Waals surface area contributed by atoms with Gasteiger partial charge in [-0.3, -0.25) is 0 Å². The van der Waals surface area contributed by atoms with Crippen LogP contribution in [0.5, 0.6) is 0 Å². The first kappa shape index (κ1) is 11.9. The monoisotopic (exact) mass is 231 g/mol. The molecular weight excluding hydrogens is 223 g/mol. The number of rotatable bonds is 2. The molecule has 0 N–H and O–H groups in total. The molecule has 1 rings (SSSR count). The lowest BCUT2D eigenvalue weighted by atomic mass is 10.1. The van der Waals surface area contributed by atoms with Crippen LogP contribution in [0.2, 0.25) is 0 Å². The van der Waals surface area contributed by atoms with E-state index in [1.165, 1.54) is 12.1 Å². The molecular formula is C10H8F3NS. The van der Waals surface area contributed by atoms with Gasteiger partial charge in [-0.15, -0.1) is 0 Å². The Bertz CT molecular complexity index is 364. The standard InChI is InChI=1S/C10H8F3NS/c1-7(14-2)8-3-5-9(6-4-8)15-10(11,12)13/h3-7H,1H3. The van der Waals surface area contributed by atoms with Crippen molar-refractivity contribution in [2.45, 2.75) is 23.4 Å². The quantitative estimate of drug-likeness (QED) is 0.543. The average molecular weight is 231 g/mol. The Kier molecular flexibility index (Phi) is 3.64.